The van der Waals surface area contributed by atoms with Gasteiger partial charge in [-0.3, -0.25) is 4.21 Å². The van der Waals surface area contributed by atoms with Gasteiger partial charge in [0.15, 0.2) is 0 Å². The molecule has 0 N–H and O–H groups in total. The summed E-state index contributed by atoms with van der Waals surface area (Å²) in [5, 5.41) is 0. The van der Waals surface area contributed by atoms with Crippen molar-refractivity contribution >= 4 is 16.5 Å². The van der Waals surface area contributed by atoms with E-state index in [1.807, 2.05) is 6.07 Å². The Morgan fingerprint density at radius 2 is 1.71 bits per heavy atom. The van der Waals surface area contributed by atoms with E-state index < -0.39 is 10.8 Å². The summed E-state index contributed by atoms with van der Waals surface area (Å²) >= 11 is 0. The summed E-state index contributed by atoms with van der Waals surface area (Å²) < 4.78 is 18.8. The maximum absolute atomic E-state index is 12.6. The molecule has 31 heavy (non-hydrogen) atoms. The number of fused-ring (bicyclic) bond motifs is 3. The molecule has 0 amide bonds. The number of benzene rings is 3. The molecule has 3 aliphatic rings. The minimum absolute atomic E-state index is 0.235. The average Bonchev–Trinajstić information content (AvgIpc) is 2.83. The van der Waals surface area contributed by atoms with Gasteiger partial charge in [-0.15, -0.1) is 0 Å². The summed E-state index contributed by atoms with van der Waals surface area (Å²) in [6.07, 6.45) is 4.33. The standard InChI is InChI=1S/C27H27NO2S/c29-31-16-6-12-23-20(10-4-14-27(23)31)21-9-3-11-22-24(21)17-30-18-26(22)28-15-5-8-19-7-1-2-13-25(19)28/h1-4,7,9-11,13-14,26H,5-6,8,12,15-18H2. The fourth-order valence-electron chi connectivity index (χ4n) is 5.62. The van der Waals surface area contributed by atoms with Crippen LogP contribution in [-0.2, 0) is 35.0 Å². The quantitative estimate of drug-likeness (QED) is 0.544. The van der Waals surface area contributed by atoms with E-state index in [9.17, 15) is 4.21 Å². The molecule has 158 valence electrons. The lowest BCUT2D eigenvalue weighted by atomic mass is 9.87. The molecule has 2 atom stereocenters. The summed E-state index contributed by atoms with van der Waals surface area (Å²) in [4.78, 5) is 3.58. The van der Waals surface area contributed by atoms with Gasteiger partial charge < -0.3 is 9.64 Å². The monoisotopic (exact) mass is 429 g/mol. The van der Waals surface area contributed by atoms with Gasteiger partial charge in [0.2, 0.25) is 0 Å². The van der Waals surface area contributed by atoms with Gasteiger partial charge in [-0.2, -0.15) is 0 Å². The maximum Gasteiger partial charge on any atom is 0.0780 e. The molecule has 0 saturated heterocycles. The molecule has 2 unspecified atom stereocenters. The van der Waals surface area contributed by atoms with Crippen molar-refractivity contribution in [3.63, 3.8) is 0 Å². The molecule has 6 rings (SSSR count). The van der Waals surface area contributed by atoms with Gasteiger partial charge in [0, 0.05) is 22.9 Å². The van der Waals surface area contributed by atoms with Gasteiger partial charge in [0.05, 0.1) is 30.1 Å². The Labute approximate surface area is 186 Å². The molecule has 3 nitrogen and oxygen atoms in total. The van der Waals surface area contributed by atoms with Crippen LogP contribution >= 0.6 is 0 Å². The van der Waals surface area contributed by atoms with Gasteiger partial charge in [-0.1, -0.05) is 48.5 Å². The van der Waals surface area contributed by atoms with Crippen LogP contribution in [0.1, 0.15) is 41.1 Å². The number of hydrogen-bond acceptors (Lipinski definition) is 3. The van der Waals surface area contributed by atoms with Gasteiger partial charge in [-0.25, -0.2) is 0 Å². The summed E-state index contributed by atoms with van der Waals surface area (Å²) in [6, 6.07) is 22.1. The molecule has 4 heteroatoms. The van der Waals surface area contributed by atoms with Crippen molar-refractivity contribution in [2.75, 3.05) is 23.8 Å². The molecule has 0 aliphatic carbocycles. The van der Waals surface area contributed by atoms with Crippen LogP contribution in [-0.4, -0.2) is 23.1 Å². The van der Waals surface area contributed by atoms with E-state index >= 15 is 0 Å². The van der Waals surface area contributed by atoms with Crippen molar-refractivity contribution in [2.24, 2.45) is 0 Å². The Kier molecular flexibility index (Phi) is 4.92. The van der Waals surface area contributed by atoms with Gasteiger partial charge in [0.25, 0.3) is 0 Å². The number of hydrogen-bond donors (Lipinski definition) is 0. The first-order valence-corrected chi connectivity index (χ1v) is 12.7. The molecule has 0 saturated carbocycles. The second-order valence-electron chi connectivity index (χ2n) is 8.77. The van der Waals surface area contributed by atoms with Crippen molar-refractivity contribution in [3.8, 4) is 11.1 Å². The highest BCUT2D eigenvalue weighted by Crippen LogP contribution is 2.42. The average molecular weight is 430 g/mol. The molecule has 3 aliphatic heterocycles. The number of para-hydroxylation sites is 1. The van der Waals surface area contributed by atoms with Crippen LogP contribution in [0.5, 0.6) is 0 Å². The van der Waals surface area contributed by atoms with Gasteiger partial charge >= 0.3 is 0 Å². The molecular formula is C27H27NO2S. The molecule has 3 heterocycles. The van der Waals surface area contributed by atoms with E-state index in [2.05, 4.69) is 59.5 Å². The van der Waals surface area contributed by atoms with Crippen molar-refractivity contribution in [1.82, 2.24) is 0 Å². The highest BCUT2D eigenvalue weighted by Gasteiger charge is 2.31. The Morgan fingerprint density at radius 1 is 0.871 bits per heavy atom. The van der Waals surface area contributed by atoms with Gasteiger partial charge in [-0.05, 0) is 71.2 Å². The summed E-state index contributed by atoms with van der Waals surface area (Å²) in [7, 11) is -0.876. The fraction of sp³-hybridized carbons (Fsp3) is 0.333. The Hall–Kier alpha value is -2.43. The SMILES string of the molecule is O=S1CCCc2c(-c3cccc4c3COCC4N3CCCc4ccccc43)cccc21. The first-order valence-electron chi connectivity index (χ1n) is 11.4. The second-order valence-corrected chi connectivity index (χ2v) is 10.3. The number of ether oxygens (including phenoxy) is 1. The normalized spacial score (nSPS) is 22.4. The molecule has 0 bridgehead atoms. The van der Waals surface area contributed by atoms with E-state index in [1.165, 1.54) is 45.5 Å². The van der Waals surface area contributed by atoms with Gasteiger partial charge in [0.1, 0.15) is 0 Å². The van der Waals surface area contributed by atoms with Crippen LogP contribution < -0.4 is 4.90 Å². The minimum Gasteiger partial charge on any atom is -0.374 e. The van der Waals surface area contributed by atoms with E-state index in [-0.39, 0.29) is 6.04 Å². The predicted molar refractivity (Wildman–Crippen MR) is 126 cm³/mol. The van der Waals surface area contributed by atoms with Crippen molar-refractivity contribution < 1.29 is 8.95 Å². The summed E-state index contributed by atoms with van der Waals surface area (Å²) in [6.45, 7) is 2.43. The Balaban J connectivity index is 1.47. The largest absolute Gasteiger partial charge is 0.374 e. The Bertz CT molecular complexity index is 1170. The fourth-order valence-corrected chi connectivity index (χ4v) is 6.96. The summed E-state index contributed by atoms with van der Waals surface area (Å²) in [5.74, 6) is 0.781. The lowest BCUT2D eigenvalue weighted by Gasteiger charge is -2.41. The van der Waals surface area contributed by atoms with Crippen LogP contribution in [0.4, 0.5) is 5.69 Å². The van der Waals surface area contributed by atoms with E-state index in [0.29, 0.717) is 6.61 Å². The molecule has 3 aromatic rings. The molecule has 0 fully saturated rings. The third kappa shape index (κ3) is 3.24. The second kappa shape index (κ2) is 7.92. The zero-order valence-electron chi connectivity index (χ0n) is 17.7. The Morgan fingerprint density at radius 3 is 2.65 bits per heavy atom. The van der Waals surface area contributed by atoms with E-state index in [4.69, 9.17) is 4.74 Å². The zero-order chi connectivity index (χ0) is 20.8. The minimum atomic E-state index is -0.876. The highest BCUT2D eigenvalue weighted by atomic mass is 32.2. The molecular weight excluding hydrogens is 402 g/mol. The third-order valence-corrected chi connectivity index (χ3v) is 8.57. The van der Waals surface area contributed by atoms with Crippen LogP contribution in [0, 0.1) is 0 Å². The van der Waals surface area contributed by atoms with Crippen LogP contribution in [0.3, 0.4) is 0 Å². The number of anilines is 1. The smallest absolute Gasteiger partial charge is 0.0780 e. The third-order valence-electron chi connectivity index (χ3n) is 7.04. The van der Waals surface area contributed by atoms with Crippen LogP contribution in [0.25, 0.3) is 11.1 Å². The van der Waals surface area contributed by atoms with E-state index in [0.717, 1.165) is 43.1 Å². The van der Waals surface area contributed by atoms with Crippen LogP contribution in [0.15, 0.2) is 65.6 Å². The lowest BCUT2D eigenvalue weighted by Crippen LogP contribution is -2.38. The first-order chi connectivity index (χ1) is 15.3. The zero-order valence-corrected chi connectivity index (χ0v) is 18.5. The van der Waals surface area contributed by atoms with Crippen molar-refractivity contribution in [1.29, 1.82) is 0 Å². The molecule has 3 aromatic carbocycles. The maximum atomic E-state index is 12.6. The molecule has 0 radical (unpaired) electrons. The molecule has 0 aromatic heterocycles. The highest BCUT2D eigenvalue weighted by molar-refractivity contribution is 7.85. The van der Waals surface area contributed by atoms with E-state index in [1.54, 1.807) is 0 Å². The van der Waals surface area contributed by atoms with Crippen molar-refractivity contribution in [3.05, 3.63) is 82.9 Å². The van der Waals surface area contributed by atoms with Crippen molar-refractivity contribution in [2.45, 2.75) is 43.2 Å². The number of nitrogens with zero attached hydrogens (tertiary/aromatic N) is 1. The lowest BCUT2D eigenvalue weighted by molar-refractivity contribution is 0.0898. The first kappa shape index (κ1) is 19.3. The number of aryl methyl sites for hydroxylation is 1. The van der Waals surface area contributed by atoms with Crippen LogP contribution in [0.2, 0.25) is 0 Å². The predicted octanol–water partition coefficient (Wildman–Crippen LogP) is 5.43. The summed E-state index contributed by atoms with van der Waals surface area (Å²) in [5.41, 5.74) is 9.24. The number of rotatable bonds is 2. The molecule has 0 spiro atoms. The topological polar surface area (TPSA) is 29.5 Å².